The maximum Gasteiger partial charge on any atom is 0.233 e. The van der Waals surface area contributed by atoms with E-state index in [9.17, 15) is 4.79 Å². The van der Waals surface area contributed by atoms with Gasteiger partial charge < -0.3 is 9.64 Å². The molecule has 0 radical (unpaired) electrons. The minimum Gasteiger partial charge on any atom is -0.494 e. The van der Waals surface area contributed by atoms with Crippen molar-refractivity contribution in [2.75, 3.05) is 19.4 Å². The van der Waals surface area contributed by atoms with Crippen molar-refractivity contribution < 1.29 is 9.53 Å². The number of tetrazole rings is 1. The molecule has 0 bridgehead atoms. The van der Waals surface area contributed by atoms with Crippen molar-refractivity contribution in [3.63, 3.8) is 0 Å². The summed E-state index contributed by atoms with van der Waals surface area (Å²) >= 11 is 1.32. The van der Waals surface area contributed by atoms with E-state index in [-0.39, 0.29) is 11.7 Å². The molecule has 0 aliphatic rings. The average Bonchev–Trinajstić information content (AvgIpc) is 3.17. The largest absolute Gasteiger partial charge is 0.494 e. The van der Waals surface area contributed by atoms with Crippen molar-refractivity contribution in [2.24, 2.45) is 0 Å². The zero-order valence-electron chi connectivity index (χ0n) is 15.3. The molecule has 0 aliphatic carbocycles. The Morgan fingerprint density at radius 1 is 1.15 bits per heavy atom. The third-order valence-corrected chi connectivity index (χ3v) is 4.75. The molecule has 1 heterocycles. The fraction of sp³-hybridized carbons (Fsp3) is 0.263. The number of ether oxygens (including phenoxy) is 1. The zero-order chi connectivity index (χ0) is 19.1. The van der Waals surface area contributed by atoms with E-state index in [0.29, 0.717) is 18.3 Å². The van der Waals surface area contributed by atoms with Crippen LogP contribution in [0, 0.1) is 0 Å². The number of benzene rings is 2. The van der Waals surface area contributed by atoms with Gasteiger partial charge >= 0.3 is 0 Å². The van der Waals surface area contributed by atoms with E-state index in [1.807, 2.05) is 61.5 Å². The summed E-state index contributed by atoms with van der Waals surface area (Å²) in [4.78, 5) is 14.2. The Hall–Kier alpha value is -2.87. The van der Waals surface area contributed by atoms with Crippen LogP contribution in [0.1, 0.15) is 12.5 Å². The molecule has 2 aromatic carbocycles. The molecule has 0 aliphatic heterocycles. The number of thioether (sulfide) groups is 1. The summed E-state index contributed by atoms with van der Waals surface area (Å²) in [6.45, 7) is 3.12. The van der Waals surface area contributed by atoms with Crippen LogP contribution in [0.3, 0.4) is 0 Å². The maximum absolute atomic E-state index is 12.5. The Kier molecular flexibility index (Phi) is 6.43. The van der Waals surface area contributed by atoms with E-state index >= 15 is 0 Å². The molecule has 0 unspecified atom stereocenters. The second kappa shape index (κ2) is 9.18. The van der Waals surface area contributed by atoms with Gasteiger partial charge in [0.15, 0.2) is 0 Å². The van der Waals surface area contributed by atoms with E-state index in [1.165, 1.54) is 11.8 Å². The molecule has 1 aromatic heterocycles. The van der Waals surface area contributed by atoms with E-state index in [4.69, 9.17) is 4.74 Å². The smallest absolute Gasteiger partial charge is 0.233 e. The minimum atomic E-state index is 0.0106. The number of para-hydroxylation sites is 1. The SMILES string of the molecule is CCOc1ccc(CN(C)C(=O)CSc2nnnn2-c2ccccc2)cc1. The molecule has 7 nitrogen and oxygen atoms in total. The zero-order valence-corrected chi connectivity index (χ0v) is 16.1. The predicted octanol–water partition coefficient (Wildman–Crippen LogP) is 2.81. The summed E-state index contributed by atoms with van der Waals surface area (Å²) in [6, 6.07) is 17.4. The number of hydrogen-bond acceptors (Lipinski definition) is 6. The number of rotatable bonds is 8. The highest BCUT2D eigenvalue weighted by molar-refractivity contribution is 7.99. The van der Waals surface area contributed by atoms with Crippen molar-refractivity contribution in [1.29, 1.82) is 0 Å². The Morgan fingerprint density at radius 3 is 2.59 bits per heavy atom. The molecule has 0 N–H and O–H groups in total. The Morgan fingerprint density at radius 2 is 1.89 bits per heavy atom. The highest BCUT2D eigenvalue weighted by atomic mass is 32.2. The molecule has 1 amide bonds. The van der Waals surface area contributed by atoms with Crippen molar-refractivity contribution in [2.45, 2.75) is 18.6 Å². The molecule has 8 heteroatoms. The van der Waals surface area contributed by atoms with Crippen LogP contribution in [-0.2, 0) is 11.3 Å². The Labute approximate surface area is 162 Å². The van der Waals surface area contributed by atoms with Crippen LogP contribution in [0.25, 0.3) is 5.69 Å². The van der Waals surface area contributed by atoms with E-state index in [2.05, 4.69) is 15.5 Å². The molecule has 0 saturated heterocycles. The van der Waals surface area contributed by atoms with Crippen molar-refractivity contribution in [1.82, 2.24) is 25.1 Å². The van der Waals surface area contributed by atoms with Gasteiger partial charge in [0.1, 0.15) is 5.75 Å². The van der Waals surface area contributed by atoms with Gasteiger partial charge in [0.05, 0.1) is 18.0 Å². The van der Waals surface area contributed by atoms with Gasteiger partial charge in [-0.25, -0.2) is 0 Å². The first kappa shape index (κ1) is 18.9. The van der Waals surface area contributed by atoms with Crippen LogP contribution in [0.15, 0.2) is 59.8 Å². The molecule has 0 saturated carbocycles. The molecule has 3 aromatic rings. The molecule has 0 atom stereocenters. The predicted molar refractivity (Wildman–Crippen MR) is 104 cm³/mol. The van der Waals surface area contributed by atoms with Gasteiger partial charge in [-0.1, -0.05) is 42.1 Å². The molecular formula is C19H21N5O2S. The van der Waals surface area contributed by atoms with E-state index < -0.39 is 0 Å². The topological polar surface area (TPSA) is 73.1 Å². The standard InChI is InChI=1S/C19H21N5O2S/c1-3-26-17-11-9-15(10-12-17)13-23(2)18(25)14-27-19-20-21-22-24(19)16-7-5-4-6-8-16/h4-12H,3,13-14H2,1-2H3. The minimum absolute atomic E-state index is 0.0106. The van der Waals surface area contributed by atoms with Crippen LogP contribution in [0.5, 0.6) is 5.75 Å². The molecule has 140 valence electrons. The van der Waals surface area contributed by atoms with Crippen molar-refractivity contribution in [3.05, 3.63) is 60.2 Å². The summed E-state index contributed by atoms with van der Waals surface area (Å²) in [7, 11) is 1.79. The molecule has 0 fully saturated rings. The molecule has 0 spiro atoms. The summed E-state index contributed by atoms with van der Waals surface area (Å²) < 4.78 is 7.07. The van der Waals surface area contributed by atoms with Gasteiger partial charge in [0, 0.05) is 13.6 Å². The summed E-state index contributed by atoms with van der Waals surface area (Å²) in [5.74, 6) is 1.11. The fourth-order valence-corrected chi connectivity index (χ4v) is 3.29. The highest BCUT2D eigenvalue weighted by Gasteiger charge is 2.14. The first-order valence-corrected chi connectivity index (χ1v) is 9.58. The Balaban J connectivity index is 1.56. The number of aromatic nitrogens is 4. The number of carbonyl (C=O) groups excluding carboxylic acids is 1. The third-order valence-electron chi connectivity index (χ3n) is 3.85. The lowest BCUT2D eigenvalue weighted by Gasteiger charge is -2.17. The maximum atomic E-state index is 12.5. The van der Waals surface area contributed by atoms with Gasteiger partial charge in [-0.2, -0.15) is 4.68 Å². The van der Waals surface area contributed by atoms with Gasteiger partial charge in [0.2, 0.25) is 11.1 Å². The fourth-order valence-electron chi connectivity index (χ4n) is 2.46. The van der Waals surface area contributed by atoms with Gasteiger partial charge in [-0.3, -0.25) is 4.79 Å². The second-order valence-corrected chi connectivity index (χ2v) is 6.77. The van der Waals surface area contributed by atoms with Gasteiger partial charge in [-0.15, -0.1) is 5.10 Å². The van der Waals surface area contributed by atoms with Crippen molar-refractivity contribution >= 4 is 17.7 Å². The Bertz CT molecular complexity index is 867. The first-order valence-electron chi connectivity index (χ1n) is 8.59. The molecule has 27 heavy (non-hydrogen) atoms. The molecular weight excluding hydrogens is 362 g/mol. The average molecular weight is 383 g/mol. The van der Waals surface area contributed by atoms with E-state index in [1.54, 1.807) is 16.6 Å². The normalized spacial score (nSPS) is 10.6. The molecule has 3 rings (SSSR count). The highest BCUT2D eigenvalue weighted by Crippen LogP contribution is 2.19. The summed E-state index contributed by atoms with van der Waals surface area (Å²) in [5.41, 5.74) is 1.91. The summed E-state index contributed by atoms with van der Waals surface area (Å²) in [5, 5.41) is 12.3. The monoisotopic (exact) mass is 383 g/mol. The number of hydrogen-bond donors (Lipinski definition) is 0. The van der Waals surface area contributed by atoms with Crippen LogP contribution in [0.2, 0.25) is 0 Å². The number of carbonyl (C=O) groups is 1. The lowest BCUT2D eigenvalue weighted by molar-refractivity contribution is -0.127. The lowest BCUT2D eigenvalue weighted by atomic mass is 10.2. The first-order chi connectivity index (χ1) is 13.2. The number of nitrogens with zero attached hydrogens (tertiary/aromatic N) is 5. The van der Waals surface area contributed by atoms with Crippen LogP contribution in [-0.4, -0.2) is 50.4 Å². The van der Waals surface area contributed by atoms with Crippen LogP contribution < -0.4 is 4.74 Å². The number of amides is 1. The van der Waals surface area contributed by atoms with Gasteiger partial charge in [0.25, 0.3) is 0 Å². The van der Waals surface area contributed by atoms with Crippen LogP contribution >= 0.6 is 11.8 Å². The van der Waals surface area contributed by atoms with E-state index in [0.717, 1.165) is 17.0 Å². The lowest BCUT2D eigenvalue weighted by Crippen LogP contribution is -2.27. The van der Waals surface area contributed by atoms with Crippen molar-refractivity contribution in [3.8, 4) is 11.4 Å². The van der Waals surface area contributed by atoms with Gasteiger partial charge in [-0.05, 0) is 47.2 Å². The van der Waals surface area contributed by atoms with Crippen LogP contribution in [0.4, 0.5) is 0 Å². The second-order valence-electron chi connectivity index (χ2n) is 5.82. The third kappa shape index (κ3) is 5.07. The summed E-state index contributed by atoms with van der Waals surface area (Å²) in [6.07, 6.45) is 0. The quantitative estimate of drug-likeness (QED) is 0.557.